The van der Waals surface area contributed by atoms with Crippen LogP contribution >= 0.6 is 11.6 Å². The highest BCUT2D eigenvalue weighted by Crippen LogP contribution is 2.26. The first-order chi connectivity index (χ1) is 15.9. The molecule has 33 heavy (non-hydrogen) atoms. The van der Waals surface area contributed by atoms with Crippen LogP contribution in [0.15, 0.2) is 72.8 Å². The van der Waals surface area contributed by atoms with Crippen molar-refractivity contribution in [3.05, 3.63) is 99.1 Å². The Morgan fingerprint density at radius 3 is 2.18 bits per heavy atom. The van der Waals surface area contributed by atoms with Gasteiger partial charge < -0.3 is 15.1 Å². The van der Waals surface area contributed by atoms with E-state index < -0.39 is 10.8 Å². The van der Waals surface area contributed by atoms with Crippen molar-refractivity contribution >= 4 is 40.5 Å². The summed E-state index contributed by atoms with van der Waals surface area (Å²) in [6.07, 6.45) is 0. The molecule has 0 radical (unpaired) electrons. The molecule has 8 nitrogen and oxygen atoms in total. The number of halogens is 1. The highest BCUT2D eigenvalue weighted by molar-refractivity contribution is 6.32. The van der Waals surface area contributed by atoms with Crippen molar-refractivity contribution in [3.8, 4) is 0 Å². The number of carbonyl (C=O) groups is 2. The van der Waals surface area contributed by atoms with Gasteiger partial charge in [-0.1, -0.05) is 29.8 Å². The molecule has 168 valence electrons. The standard InChI is InChI=1S/C24H21ClN4O4/c25-21-11-6-18(16-22(21)29(32)33)23(30)26-19-7-9-20(10-8-19)27-12-14-28(15-13-27)24(31)17-4-2-1-3-5-17/h1-11,16H,12-15H2,(H,26,30). The number of nitro groups is 1. The lowest BCUT2D eigenvalue weighted by molar-refractivity contribution is -0.384. The zero-order chi connectivity index (χ0) is 23.4. The molecular formula is C24H21ClN4O4. The summed E-state index contributed by atoms with van der Waals surface area (Å²) in [6.45, 7) is 2.67. The first-order valence-corrected chi connectivity index (χ1v) is 10.7. The number of piperazine rings is 1. The Balaban J connectivity index is 1.35. The van der Waals surface area contributed by atoms with E-state index in [-0.39, 0.29) is 22.2 Å². The van der Waals surface area contributed by atoms with Gasteiger partial charge >= 0.3 is 0 Å². The maximum absolute atomic E-state index is 12.6. The lowest BCUT2D eigenvalue weighted by atomic mass is 10.1. The van der Waals surface area contributed by atoms with Crippen molar-refractivity contribution < 1.29 is 14.5 Å². The SMILES string of the molecule is O=C(Nc1ccc(N2CCN(C(=O)c3ccccc3)CC2)cc1)c1ccc(Cl)c([N+](=O)[O-])c1. The van der Waals surface area contributed by atoms with E-state index >= 15 is 0 Å². The fourth-order valence-corrected chi connectivity index (χ4v) is 3.87. The van der Waals surface area contributed by atoms with Crippen molar-refractivity contribution in [3.63, 3.8) is 0 Å². The van der Waals surface area contributed by atoms with Gasteiger partial charge in [-0.2, -0.15) is 0 Å². The number of hydrogen-bond acceptors (Lipinski definition) is 5. The first kappa shape index (κ1) is 22.3. The Labute approximate surface area is 195 Å². The summed E-state index contributed by atoms with van der Waals surface area (Å²) in [4.78, 5) is 39.5. The predicted octanol–water partition coefficient (Wildman–Crippen LogP) is 4.46. The molecule has 1 aliphatic heterocycles. The summed E-state index contributed by atoms with van der Waals surface area (Å²) < 4.78 is 0. The minimum absolute atomic E-state index is 0.0218. The number of anilines is 2. The first-order valence-electron chi connectivity index (χ1n) is 10.4. The van der Waals surface area contributed by atoms with E-state index in [1.54, 1.807) is 12.1 Å². The van der Waals surface area contributed by atoms with E-state index in [9.17, 15) is 19.7 Å². The van der Waals surface area contributed by atoms with Gasteiger partial charge in [-0.3, -0.25) is 19.7 Å². The smallest absolute Gasteiger partial charge is 0.288 e. The number of carbonyl (C=O) groups excluding carboxylic acids is 2. The van der Waals surface area contributed by atoms with E-state index in [2.05, 4.69) is 10.2 Å². The van der Waals surface area contributed by atoms with Gasteiger partial charge in [-0.15, -0.1) is 0 Å². The number of benzene rings is 3. The number of nitrogens with zero attached hydrogens (tertiary/aromatic N) is 3. The summed E-state index contributed by atoms with van der Waals surface area (Å²) >= 11 is 5.81. The quantitative estimate of drug-likeness (QED) is 0.444. The normalized spacial score (nSPS) is 13.5. The van der Waals surface area contributed by atoms with Crippen LogP contribution in [0.2, 0.25) is 5.02 Å². The van der Waals surface area contributed by atoms with Crippen LogP contribution in [0.1, 0.15) is 20.7 Å². The minimum Gasteiger partial charge on any atom is -0.368 e. The maximum Gasteiger partial charge on any atom is 0.288 e. The average molecular weight is 465 g/mol. The molecular weight excluding hydrogens is 444 g/mol. The molecule has 1 aliphatic rings. The van der Waals surface area contributed by atoms with E-state index in [1.807, 2.05) is 47.4 Å². The lowest BCUT2D eigenvalue weighted by Crippen LogP contribution is -2.48. The Bertz CT molecular complexity index is 1180. The molecule has 4 rings (SSSR count). The van der Waals surface area contributed by atoms with E-state index in [1.165, 1.54) is 12.1 Å². The summed E-state index contributed by atoms with van der Waals surface area (Å²) in [7, 11) is 0. The lowest BCUT2D eigenvalue weighted by Gasteiger charge is -2.36. The van der Waals surface area contributed by atoms with Crippen molar-refractivity contribution in [2.45, 2.75) is 0 Å². The van der Waals surface area contributed by atoms with Crippen LogP contribution in [0.4, 0.5) is 17.1 Å². The molecule has 3 aromatic carbocycles. The van der Waals surface area contributed by atoms with Gasteiger partial charge in [0, 0.05) is 54.7 Å². The molecule has 3 aromatic rings. The number of rotatable bonds is 5. The highest BCUT2D eigenvalue weighted by Gasteiger charge is 2.22. The van der Waals surface area contributed by atoms with Crippen molar-refractivity contribution in [1.29, 1.82) is 0 Å². The second kappa shape index (κ2) is 9.70. The topological polar surface area (TPSA) is 95.8 Å². The number of amides is 2. The Morgan fingerprint density at radius 2 is 1.55 bits per heavy atom. The third-order valence-electron chi connectivity index (χ3n) is 5.48. The van der Waals surface area contributed by atoms with Gasteiger partial charge in [0.15, 0.2) is 0 Å². The molecule has 1 fully saturated rings. The Morgan fingerprint density at radius 1 is 0.879 bits per heavy atom. The molecule has 0 unspecified atom stereocenters. The van der Waals surface area contributed by atoms with Gasteiger partial charge in [0.25, 0.3) is 17.5 Å². The molecule has 0 aliphatic carbocycles. The van der Waals surface area contributed by atoms with Crippen LogP contribution in [0, 0.1) is 10.1 Å². The van der Waals surface area contributed by atoms with Crippen molar-refractivity contribution in [2.75, 3.05) is 36.4 Å². The number of hydrogen-bond donors (Lipinski definition) is 1. The number of nitrogens with one attached hydrogen (secondary N) is 1. The second-order valence-corrected chi connectivity index (χ2v) is 7.98. The summed E-state index contributed by atoms with van der Waals surface area (Å²) in [5.41, 5.74) is 2.08. The molecule has 2 amide bonds. The maximum atomic E-state index is 12.6. The zero-order valence-corrected chi connectivity index (χ0v) is 18.4. The van der Waals surface area contributed by atoms with Gasteiger partial charge in [0.05, 0.1) is 4.92 Å². The van der Waals surface area contributed by atoms with E-state index in [0.29, 0.717) is 37.4 Å². The molecule has 0 atom stereocenters. The van der Waals surface area contributed by atoms with Crippen molar-refractivity contribution in [2.24, 2.45) is 0 Å². The van der Waals surface area contributed by atoms with E-state index in [0.717, 1.165) is 11.8 Å². The van der Waals surface area contributed by atoms with E-state index in [4.69, 9.17) is 11.6 Å². The fourth-order valence-electron chi connectivity index (χ4n) is 3.68. The minimum atomic E-state index is -0.624. The highest BCUT2D eigenvalue weighted by atomic mass is 35.5. The van der Waals surface area contributed by atoms with Crippen LogP contribution in [-0.4, -0.2) is 47.8 Å². The van der Waals surface area contributed by atoms with Crippen LogP contribution in [0.5, 0.6) is 0 Å². The van der Waals surface area contributed by atoms with Gasteiger partial charge in [0.1, 0.15) is 5.02 Å². The fraction of sp³-hybridized carbons (Fsp3) is 0.167. The predicted molar refractivity (Wildman–Crippen MR) is 127 cm³/mol. The van der Waals surface area contributed by atoms with Gasteiger partial charge in [0.2, 0.25) is 0 Å². The van der Waals surface area contributed by atoms with Crippen LogP contribution in [-0.2, 0) is 0 Å². The van der Waals surface area contributed by atoms with Gasteiger partial charge in [-0.05, 0) is 48.5 Å². The molecule has 1 N–H and O–H groups in total. The number of nitro benzene ring substituents is 1. The van der Waals surface area contributed by atoms with Crippen LogP contribution in [0.25, 0.3) is 0 Å². The molecule has 1 saturated heterocycles. The Kier molecular flexibility index (Phi) is 6.55. The second-order valence-electron chi connectivity index (χ2n) is 7.57. The molecule has 0 bridgehead atoms. The Hall–Kier alpha value is -3.91. The zero-order valence-electron chi connectivity index (χ0n) is 17.6. The van der Waals surface area contributed by atoms with Gasteiger partial charge in [-0.25, -0.2) is 0 Å². The summed E-state index contributed by atoms with van der Waals surface area (Å²) in [5, 5.41) is 13.8. The van der Waals surface area contributed by atoms with Crippen LogP contribution < -0.4 is 10.2 Å². The molecule has 9 heteroatoms. The largest absolute Gasteiger partial charge is 0.368 e. The van der Waals surface area contributed by atoms with Crippen molar-refractivity contribution in [1.82, 2.24) is 4.90 Å². The summed E-state index contributed by atoms with van der Waals surface area (Å²) in [5.74, 6) is -0.425. The average Bonchev–Trinajstić information content (AvgIpc) is 2.85. The summed E-state index contributed by atoms with van der Waals surface area (Å²) in [6, 6.07) is 20.5. The molecule has 1 heterocycles. The molecule has 0 spiro atoms. The molecule has 0 saturated carbocycles. The third-order valence-corrected chi connectivity index (χ3v) is 5.80. The third kappa shape index (κ3) is 5.12. The van der Waals surface area contributed by atoms with Crippen LogP contribution in [0.3, 0.4) is 0 Å². The monoisotopic (exact) mass is 464 g/mol. The molecule has 0 aromatic heterocycles.